The lowest BCUT2D eigenvalue weighted by molar-refractivity contribution is -0.117. The minimum absolute atomic E-state index is 0.0373. The van der Waals surface area contributed by atoms with E-state index < -0.39 is 0 Å². The van der Waals surface area contributed by atoms with Crippen molar-refractivity contribution in [3.63, 3.8) is 0 Å². The minimum Gasteiger partial charge on any atom is -0.324 e. The summed E-state index contributed by atoms with van der Waals surface area (Å²) < 4.78 is 0. The highest BCUT2D eigenvalue weighted by atomic mass is 32.1. The molecule has 1 aromatic rings. The fourth-order valence-corrected chi connectivity index (χ4v) is 1.38. The summed E-state index contributed by atoms with van der Waals surface area (Å²) in [7, 11) is 0. The lowest BCUT2D eigenvalue weighted by atomic mass is 10.2. The standard InChI is InChI=1S/C7H10N2OS/c1-5-9-6(4-11-5)2-7(10)3-8/h4H,2-3,8H2,1H3. The van der Waals surface area contributed by atoms with E-state index in [0.29, 0.717) is 6.42 Å². The fraction of sp³-hybridized carbons (Fsp3) is 0.429. The maximum atomic E-state index is 10.8. The quantitative estimate of drug-likeness (QED) is 0.719. The van der Waals surface area contributed by atoms with Crippen molar-refractivity contribution in [1.29, 1.82) is 0 Å². The molecule has 11 heavy (non-hydrogen) atoms. The number of hydrogen-bond donors (Lipinski definition) is 1. The number of carbonyl (C=O) groups is 1. The topological polar surface area (TPSA) is 56.0 Å². The normalized spacial score (nSPS) is 10.0. The molecule has 3 nitrogen and oxygen atoms in total. The molecule has 60 valence electrons. The van der Waals surface area contributed by atoms with Crippen LogP contribution in [0.5, 0.6) is 0 Å². The van der Waals surface area contributed by atoms with Gasteiger partial charge in [0.1, 0.15) is 0 Å². The van der Waals surface area contributed by atoms with Crippen molar-refractivity contribution in [2.75, 3.05) is 6.54 Å². The van der Waals surface area contributed by atoms with E-state index in [4.69, 9.17) is 5.73 Å². The van der Waals surface area contributed by atoms with Crippen LogP contribution < -0.4 is 5.73 Å². The van der Waals surface area contributed by atoms with Gasteiger partial charge in [0.05, 0.1) is 23.7 Å². The van der Waals surface area contributed by atoms with E-state index >= 15 is 0 Å². The van der Waals surface area contributed by atoms with Crippen LogP contribution in [-0.2, 0) is 11.2 Å². The van der Waals surface area contributed by atoms with E-state index in [0.717, 1.165) is 10.7 Å². The van der Waals surface area contributed by atoms with Gasteiger partial charge in [-0.3, -0.25) is 4.79 Å². The van der Waals surface area contributed by atoms with Crippen molar-refractivity contribution in [3.8, 4) is 0 Å². The van der Waals surface area contributed by atoms with E-state index in [1.165, 1.54) is 0 Å². The van der Waals surface area contributed by atoms with Crippen LogP contribution in [-0.4, -0.2) is 17.3 Å². The molecule has 0 fully saturated rings. The summed E-state index contributed by atoms with van der Waals surface area (Å²) in [5.41, 5.74) is 5.99. The van der Waals surface area contributed by atoms with Gasteiger partial charge in [-0.2, -0.15) is 0 Å². The monoisotopic (exact) mass is 170 g/mol. The minimum atomic E-state index is 0.0373. The molecular weight excluding hydrogens is 160 g/mol. The highest BCUT2D eigenvalue weighted by molar-refractivity contribution is 7.09. The SMILES string of the molecule is Cc1nc(CC(=O)CN)cs1. The number of aryl methyl sites for hydroxylation is 1. The van der Waals surface area contributed by atoms with Crippen molar-refractivity contribution < 1.29 is 4.79 Å². The molecule has 1 rings (SSSR count). The molecule has 4 heteroatoms. The van der Waals surface area contributed by atoms with Gasteiger partial charge >= 0.3 is 0 Å². The molecule has 1 aromatic heterocycles. The average molecular weight is 170 g/mol. The van der Waals surface area contributed by atoms with Gasteiger partial charge in [0, 0.05) is 5.38 Å². The van der Waals surface area contributed by atoms with Crippen LogP contribution in [0.15, 0.2) is 5.38 Å². The number of aromatic nitrogens is 1. The molecule has 0 aliphatic carbocycles. The van der Waals surface area contributed by atoms with Crippen LogP contribution in [0.1, 0.15) is 10.7 Å². The smallest absolute Gasteiger partial charge is 0.152 e. The van der Waals surface area contributed by atoms with Crippen LogP contribution in [0.3, 0.4) is 0 Å². The Bertz CT molecular complexity index is 257. The predicted octanol–water partition coefficient (Wildman–Crippen LogP) is 0.522. The molecule has 0 unspecified atom stereocenters. The molecule has 1 heterocycles. The summed E-state index contributed by atoms with van der Waals surface area (Å²) in [6, 6.07) is 0. The zero-order chi connectivity index (χ0) is 8.27. The Morgan fingerprint density at radius 1 is 1.82 bits per heavy atom. The molecule has 0 spiro atoms. The van der Waals surface area contributed by atoms with E-state index in [9.17, 15) is 4.79 Å². The number of nitrogens with two attached hydrogens (primary N) is 1. The van der Waals surface area contributed by atoms with Gasteiger partial charge in [-0.1, -0.05) is 0 Å². The number of hydrogen-bond acceptors (Lipinski definition) is 4. The van der Waals surface area contributed by atoms with Crippen LogP contribution in [0.25, 0.3) is 0 Å². The first-order chi connectivity index (χ1) is 5.22. The Labute approximate surface area is 69.3 Å². The number of rotatable bonds is 3. The van der Waals surface area contributed by atoms with Gasteiger partial charge in [-0.25, -0.2) is 4.98 Å². The van der Waals surface area contributed by atoms with Crippen molar-refractivity contribution in [2.24, 2.45) is 5.73 Å². The summed E-state index contributed by atoms with van der Waals surface area (Å²) in [5, 5.41) is 2.88. The first-order valence-corrected chi connectivity index (χ1v) is 4.23. The number of ketones is 1. The molecule has 0 aliphatic rings. The number of Topliss-reactive ketones (excluding diaryl/α,β-unsaturated/α-hetero) is 1. The van der Waals surface area contributed by atoms with Gasteiger partial charge < -0.3 is 5.73 Å². The van der Waals surface area contributed by atoms with Gasteiger partial charge in [-0.15, -0.1) is 11.3 Å². The molecule has 0 atom stereocenters. The second kappa shape index (κ2) is 3.59. The van der Waals surface area contributed by atoms with E-state index in [1.54, 1.807) is 11.3 Å². The molecule has 0 bridgehead atoms. The van der Waals surface area contributed by atoms with E-state index in [-0.39, 0.29) is 12.3 Å². The molecule has 0 amide bonds. The molecule has 0 saturated heterocycles. The Hall–Kier alpha value is -0.740. The van der Waals surface area contributed by atoms with E-state index in [1.807, 2.05) is 12.3 Å². The zero-order valence-corrected chi connectivity index (χ0v) is 7.15. The summed E-state index contributed by atoms with van der Waals surface area (Å²) in [6.07, 6.45) is 0.376. The Balaban J connectivity index is 2.57. The van der Waals surface area contributed by atoms with Crippen molar-refractivity contribution in [1.82, 2.24) is 4.98 Å². The summed E-state index contributed by atoms with van der Waals surface area (Å²) in [4.78, 5) is 15.0. The third-order valence-electron chi connectivity index (χ3n) is 1.27. The van der Waals surface area contributed by atoms with Crippen molar-refractivity contribution in [2.45, 2.75) is 13.3 Å². The number of carbonyl (C=O) groups excluding carboxylic acids is 1. The number of thiazole rings is 1. The number of nitrogens with zero attached hydrogens (tertiary/aromatic N) is 1. The first kappa shape index (κ1) is 8.36. The maximum Gasteiger partial charge on any atom is 0.152 e. The maximum absolute atomic E-state index is 10.8. The average Bonchev–Trinajstić information content (AvgIpc) is 2.35. The molecular formula is C7H10N2OS. The van der Waals surface area contributed by atoms with Crippen LogP contribution in [0.2, 0.25) is 0 Å². The van der Waals surface area contributed by atoms with Crippen molar-refractivity contribution >= 4 is 17.1 Å². The van der Waals surface area contributed by atoms with Crippen LogP contribution >= 0.6 is 11.3 Å². The summed E-state index contributed by atoms with van der Waals surface area (Å²) in [5.74, 6) is 0.0373. The Morgan fingerprint density at radius 2 is 2.55 bits per heavy atom. The predicted molar refractivity (Wildman–Crippen MR) is 44.6 cm³/mol. The summed E-state index contributed by atoms with van der Waals surface area (Å²) in [6.45, 7) is 2.03. The largest absolute Gasteiger partial charge is 0.324 e. The van der Waals surface area contributed by atoms with Crippen molar-refractivity contribution in [3.05, 3.63) is 16.1 Å². The molecule has 0 saturated carbocycles. The van der Waals surface area contributed by atoms with Crippen LogP contribution in [0, 0.1) is 6.92 Å². The second-order valence-corrected chi connectivity index (χ2v) is 3.34. The Kier molecular flexibility index (Phi) is 2.73. The first-order valence-electron chi connectivity index (χ1n) is 3.35. The molecule has 0 aliphatic heterocycles. The van der Waals surface area contributed by atoms with Crippen LogP contribution in [0.4, 0.5) is 0 Å². The van der Waals surface area contributed by atoms with Gasteiger partial charge in [0.15, 0.2) is 5.78 Å². The fourth-order valence-electron chi connectivity index (χ4n) is 0.764. The zero-order valence-electron chi connectivity index (χ0n) is 6.33. The third kappa shape index (κ3) is 2.40. The summed E-state index contributed by atoms with van der Waals surface area (Å²) >= 11 is 1.55. The molecule has 0 aromatic carbocycles. The van der Waals surface area contributed by atoms with Gasteiger partial charge in [0.2, 0.25) is 0 Å². The Morgan fingerprint density at radius 3 is 3.00 bits per heavy atom. The third-order valence-corrected chi connectivity index (χ3v) is 2.09. The highest BCUT2D eigenvalue weighted by Crippen LogP contribution is 2.08. The lowest BCUT2D eigenvalue weighted by Gasteiger charge is -1.90. The highest BCUT2D eigenvalue weighted by Gasteiger charge is 2.03. The van der Waals surface area contributed by atoms with Gasteiger partial charge in [-0.05, 0) is 6.92 Å². The second-order valence-electron chi connectivity index (χ2n) is 2.28. The lowest BCUT2D eigenvalue weighted by Crippen LogP contribution is -2.15. The van der Waals surface area contributed by atoms with E-state index in [2.05, 4.69) is 4.98 Å². The molecule has 2 N–H and O–H groups in total. The van der Waals surface area contributed by atoms with Gasteiger partial charge in [0.25, 0.3) is 0 Å². The molecule has 0 radical (unpaired) electrons.